The van der Waals surface area contributed by atoms with E-state index in [1.165, 1.54) is 11.3 Å². The molecule has 1 fully saturated rings. The topological polar surface area (TPSA) is 88.6 Å². The Balaban J connectivity index is 1.95. The van der Waals surface area contributed by atoms with Gasteiger partial charge in [0.25, 0.3) is 0 Å². The maximum Gasteiger partial charge on any atom is 0.306 e. The summed E-state index contributed by atoms with van der Waals surface area (Å²) in [5.41, 5.74) is 0. The van der Waals surface area contributed by atoms with Crippen molar-refractivity contribution < 1.29 is 19.1 Å². The molecule has 0 spiro atoms. The van der Waals surface area contributed by atoms with Crippen LogP contribution >= 0.6 is 11.3 Å². The number of carbonyl (C=O) groups is 3. The molecule has 1 N–H and O–H groups in total. The molecular formula is C17H25N3O4S. The van der Waals surface area contributed by atoms with Crippen LogP contribution in [0.5, 0.6) is 0 Å². The van der Waals surface area contributed by atoms with Crippen LogP contribution in [0.2, 0.25) is 0 Å². The van der Waals surface area contributed by atoms with Gasteiger partial charge in [0, 0.05) is 24.0 Å². The van der Waals surface area contributed by atoms with Crippen LogP contribution < -0.4 is 5.32 Å². The second kappa shape index (κ2) is 10.1. The number of hydrogen-bond donors (Lipinski definition) is 1. The minimum Gasteiger partial charge on any atom is -0.466 e. The van der Waals surface area contributed by atoms with Crippen LogP contribution in [0.3, 0.4) is 0 Å². The maximum absolute atomic E-state index is 12.6. The molecule has 1 saturated carbocycles. The summed E-state index contributed by atoms with van der Waals surface area (Å²) >= 11 is 1.33. The highest BCUT2D eigenvalue weighted by molar-refractivity contribution is 7.13. The van der Waals surface area contributed by atoms with Crippen LogP contribution in [-0.2, 0) is 19.1 Å². The molecule has 1 aromatic rings. The summed E-state index contributed by atoms with van der Waals surface area (Å²) in [4.78, 5) is 42.0. The predicted octanol–water partition coefficient (Wildman–Crippen LogP) is 2.59. The maximum atomic E-state index is 12.6. The van der Waals surface area contributed by atoms with Gasteiger partial charge in [-0.25, -0.2) is 4.98 Å². The molecular weight excluding hydrogens is 342 g/mol. The highest BCUT2D eigenvalue weighted by Gasteiger charge is 2.27. The highest BCUT2D eigenvalue weighted by atomic mass is 32.1. The smallest absolute Gasteiger partial charge is 0.306 e. The Morgan fingerprint density at radius 2 is 2.04 bits per heavy atom. The van der Waals surface area contributed by atoms with Gasteiger partial charge in [0.05, 0.1) is 13.0 Å². The zero-order valence-electron chi connectivity index (χ0n) is 14.5. The number of rotatable bonds is 8. The van der Waals surface area contributed by atoms with Crippen LogP contribution in [-0.4, -0.2) is 46.9 Å². The summed E-state index contributed by atoms with van der Waals surface area (Å²) in [7, 11) is 0. The zero-order chi connectivity index (χ0) is 18.1. The number of esters is 1. The van der Waals surface area contributed by atoms with E-state index in [0.717, 1.165) is 32.1 Å². The zero-order valence-corrected chi connectivity index (χ0v) is 15.3. The van der Waals surface area contributed by atoms with Crippen LogP contribution in [0, 0.1) is 0 Å². The third kappa shape index (κ3) is 6.45. The van der Waals surface area contributed by atoms with Gasteiger partial charge in [-0.2, -0.15) is 0 Å². The molecule has 0 atom stereocenters. The van der Waals surface area contributed by atoms with Crippen molar-refractivity contribution in [2.24, 2.45) is 0 Å². The monoisotopic (exact) mass is 367 g/mol. The first kappa shape index (κ1) is 19.4. The van der Waals surface area contributed by atoms with Crippen LogP contribution in [0.15, 0.2) is 11.6 Å². The number of carbonyl (C=O) groups excluding carboxylic acids is 3. The second-order valence-corrected chi connectivity index (χ2v) is 6.90. The van der Waals surface area contributed by atoms with Gasteiger partial charge >= 0.3 is 5.97 Å². The van der Waals surface area contributed by atoms with E-state index in [2.05, 4.69) is 10.3 Å². The van der Waals surface area contributed by atoms with E-state index < -0.39 is 0 Å². The van der Waals surface area contributed by atoms with Crippen molar-refractivity contribution in [1.82, 2.24) is 9.88 Å². The first-order valence-electron chi connectivity index (χ1n) is 8.74. The Morgan fingerprint density at radius 1 is 1.28 bits per heavy atom. The molecule has 0 saturated heterocycles. The Kier molecular flexibility index (Phi) is 7.84. The fourth-order valence-electron chi connectivity index (χ4n) is 3.00. The number of thiazole rings is 1. The van der Waals surface area contributed by atoms with E-state index in [9.17, 15) is 14.4 Å². The molecule has 2 amide bonds. The SMILES string of the molecule is CCOC(=O)CCC(=O)N(CC(=O)Nc1nccs1)C1CCCCC1. The third-order valence-electron chi connectivity index (χ3n) is 4.18. The molecule has 138 valence electrons. The average Bonchev–Trinajstić information content (AvgIpc) is 3.11. The van der Waals surface area contributed by atoms with Gasteiger partial charge in [0.15, 0.2) is 5.13 Å². The Bertz CT molecular complexity index is 570. The summed E-state index contributed by atoms with van der Waals surface area (Å²) in [6.07, 6.45) is 6.80. The molecule has 1 aliphatic carbocycles. The number of anilines is 1. The summed E-state index contributed by atoms with van der Waals surface area (Å²) in [6.45, 7) is 2.03. The molecule has 0 bridgehead atoms. The number of nitrogens with one attached hydrogen (secondary N) is 1. The van der Waals surface area contributed by atoms with Crippen molar-refractivity contribution in [3.8, 4) is 0 Å². The largest absolute Gasteiger partial charge is 0.466 e. The molecule has 0 aliphatic heterocycles. The molecule has 2 rings (SSSR count). The third-order valence-corrected chi connectivity index (χ3v) is 4.87. The molecule has 0 radical (unpaired) electrons. The van der Waals surface area contributed by atoms with Crippen molar-refractivity contribution in [2.45, 2.75) is 57.9 Å². The minimum absolute atomic E-state index is 0.00803. The molecule has 8 heteroatoms. The summed E-state index contributed by atoms with van der Waals surface area (Å²) in [6, 6.07) is 0.0606. The van der Waals surface area contributed by atoms with Crippen molar-refractivity contribution in [2.75, 3.05) is 18.5 Å². The lowest BCUT2D eigenvalue weighted by atomic mass is 9.94. The Labute approximate surface area is 151 Å². The molecule has 1 heterocycles. The fourth-order valence-corrected chi connectivity index (χ4v) is 3.54. The van der Waals surface area contributed by atoms with E-state index in [1.807, 2.05) is 0 Å². The minimum atomic E-state index is -0.383. The molecule has 0 aromatic carbocycles. The lowest BCUT2D eigenvalue weighted by molar-refractivity contribution is -0.146. The summed E-state index contributed by atoms with van der Waals surface area (Å²) in [5, 5.41) is 5.01. The second-order valence-electron chi connectivity index (χ2n) is 6.00. The normalized spacial score (nSPS) is 14.8. The lowest BCUT2D eigenvalue weighted by Crippen LogP contribution is -2.45. The van der Waals surface area contributed by atoms with E-state index in [4.69, 9.17) is 4.74 Å². The first-order valence-corrected chi connectivity index (χ1v) is 9.62. The van der Waals surface area contributed by atoms with E-state index in [-0.39, 0.29) is 43.2 Å². The number of ether oxygens (including phenoxy) is 1. The molecule has 25 heavy (non-hydrogen) atoms. The van der Waals surface area contributed by atoms with Crippen LogP contribution in [0.1, 0.15) is 51.9 Å². The van der Waals surface area contributed by atoms with Crippen LogP contribution in [0.25, 0.3) is 0 Å². The number of aromatic nitrogens is 1. The Hall–Kier alpha value is -1.96. The molecule has 7 nitrogen and oxygen atoms in total. The molecule has 0 unspecified atom stereocenters. The highest BCUT2D eigenvalue weighted by Crippen LogP contribution is 2.23. The lowest BCUT2D eigenvalue weighted by Gasteiger charge is -2.34. The van der Waals surface area contributed by atoms with Gasteiger partial charge in [-0.3, -0.25) is 14.4 Å². The van der Waals surface area contributed by atoms with E-state index >= 15 is 0 Å². The van der Waals surface area contributed by atoms with Crippen molar-refractivity contribution in [3.05, 3.63) is 11.6 Å². The number of nitrogens with zero attached hydrogens (tertiary/aromatic N) is 2. The predicted molar refractivity (Wildman–Crippen MR) is 95.2 cm³/mol. The van der Waals surface area contributed by atoms with Gasteiger partial charge in [0.2, 0.25) is 11.8 Å². The first-order chi connectivity index (χ1) is 12.1. The molecule has 1 aromatic heterocycles. The van der Waals surface area contributed by atoms with Gasteiger partial charge in [-0.15, -0.1) is 11.3 Å². The quantitative estimate of drug-likeness (QED) is 0.714. The van der Waals surface area contributed by atoms with Gasteiger partial charge in [-0.1, -0.05) is 19.3 Å². The number of hydrogen-bond acceptors (Lipinski definition) is 6. The van der Waals surface area contributed by atoms with Gasteiger partial charge in [0.1, 0.15) is 6.54 Å². The molecule has 1 aliphatic rings. The Morgan fingerprint density at radius 3 is 2.68 bits per heavy atom. The summed E-state index contributed by atoms with van der Waals surface area (Å²) < 4.78 is 4.87. The van der Waals surface area contributed by atoms with E-state index in [0.29, 0.717) is 11.7 Å². The van der Waals surface area contributed by atoms with Crippen molar-refractivity contribution >= 4 is 34.3 Å². The fraction of sp³-hybridized carbons (Fsp3) is 0.647. The van der Waals surface area contributed by atoms with Crippen LogP contribution in [0.4, 0.5) is 5.13 Å². The van der Waals surface area contributed by atoms with Gasteiger partial charge in [-0.05, 0) is 19.8 Å². The van der Waals surface area contributed by atoms with Gasteiger partial charge < -0.3 is 15.0 Å². The van der Waals surface area contributed by atoms with Crippen molar-refractivity contribution in [3.63, 3.8) is 0 Å². The standard InChI is InChI=1S/C17H25N3O4S/c1-2-24-16(23)9-8-15(22)20(13-6-4-3-5-7-13)12-14(21)19-17-18-10-11-25-17/h10-11,13H,2-9,12H2,1H3,(H,18,19,21). The average molecular weight is 367 g/mol. The summed E-state index contributed by atoms with van der Waals surface area (Å²) in [5.74, 6) is -0.814. The van der Waals surface area contributed by atoms with Crippen molar-refractivity contribution in [1.29, 1.82) is 0 Å². The van der Waals surface area contributed by atoms with E-state index in [1.54, 1.807) is 23.4 Å². The number of amides is 2.